The second-order valence-electron chi connectivity index (χ2n) is 7.06. The van der Waals surface area contributed by atoms with E-state index in [-0.39, 0.29) is 31.6 Å². The molecule has 5 heteroatoms. The summed E-state index contributed by atoms with van der Waals surface area (Å²) in [6.45, 7) is 7.01. The Hall–Kier alpha value is -2.88. The Kier molecular flexibility index (Phi) is 7.99. The maximum atomic E-state index is 10.0. The maximum Gasteiger partial charge on any atom is 0.155 e. The van der Waals surface area contributed by atoms with Crippen LogP contribution < -0.4 is 0 Å². The normalized spacial score (nSPS) is 10.9. The molecule has 0 saturated carbocycles. The molecule has 0 aliphatic carbocycles. The first kappa shape index (κ1) is 23.4. The van der Waals surface area contributed by atoms with Crippen molar-refractivity contribution < 1.29 is 30.0 Å². The fourth-order valence-electron chi connectivity index (χ4n) is 3.33. The molecular weight excluding hydrogens is 553 g/mol. The van der Waals surface area contributed by atoms with Crippen molar-refractivity contribution >= 4 is 27.5 Å². The largest absolute Gasteiger partial charge is 0.512 e. The molecule has 0 unspecified atom stereocenters. The first-order valence-corrected chi connectivity index (χ1v) is 9.36. The van der Waals surface area contributed by atoms with E-state index >= 15 is 0 Å². The van der Waals surface area contributed by atoms with Gasteiger partial charge in [0.1, 0.15) is 6.33 Å². The Morgan fingerprint density at radius 1 is 1.00 bits per heavy atom. The summed E-state index contributed by atoms with van der Waals surface area (Å²) in [4.78, 5) is 19.1. The van der Waals surface area contributed by atoms with E-state index in [9.17, 15) is 4.79 Å². The molecule has 1 N–H and O–H groups in total. The fourth-order valence-corrected chi connectivity index (χ4v) is 3.33. The predicted molar refractivity (Wildman–Crippen MR) is 118 cm³/mol. The number of hydrogen-bond acceptors (Lipinski definition) is 4. The van der Waals surface area contributed by atoms with Crippen LogP contribution in [0.15, 0.2) is 66.7 Å². The monoisotopic (exact) mass is 576 g/mol. The molecule has 4 nitrogen and oxygen atoms in total. The minimum absolute atomic E-state index is 0. The van der Waals surface area contributed by atoms with Crippen LogP contribution in [0.2, 0.25) is 0 Å². The van der Waals surface area contributed by atoms with Gasteiger partial charge in [-0.15, -0.1) is 34.9 Å². The van der Waals surface area contributed by atoms with Gasteiger partial charge in [-0.1, -0.05) is 50.2 Å². The van der Waals surface area contributed by atoms with Gasteiger partial charge in [0.05, 0.1) is 11.3 Å². The van der Waals surface area contributed by atoms with Crippen molar-refractivity contribution in [1.82, 2.24) is 9.97 Å². The van der Waals surface area contributed by atoms with Gasteiger partial charge >= 0.3 is 0 Å². The van der Waals surface area contributed by atoms with Crippen LogP contribution in [-0.2, 0) is 24.9 Å². The van der Waals surface area contributed by atoms with Crippen LogP contribution in [0.3, 0.4) is 0 Å². The fraction of sp³-hybridized carbons (Fsp3) is 0.160. The van der Waals surface area contributed by atoms with Crippen molar-refractivity contribution in [3.8, 4) is 11.3 Å². The van der Waals surface area contributed by atoms with Crippen LogP contribution in [0, 0.1) is 19.9 Å². The van der Waals surface area contributed by atoms with Crippen LogP contribution >= 0.6 is 0 Å². The Labute approximate surface area is 190 Å². The minimum atomic E-state index is -0.125. The minimum Gasteiger partial charge on any atom is -0.512 e. The molecule has 155 valence electrons. The number of rotatable bonds is 2. The standard InChI is InChI=1S/C20H15N2.C5H8O2.Ir/c1-13-9-14(2)11-16(10-13)19-18-8-7-15-5-3-4-6-17(15)20(18)22-12-21-19;1-4(6)3-5(2)7;/h3-10,12H,1-2H3;3,6H,1-2H3;/q-1;;/b;4-3-;. The van der Waals surface area contributed by atoms with Crippen LogP contribution in [-0.4, -0.2) is 20.9 Å². The van der Waals surface area contributed by atoms with Crippen LogP contribution in [0.5, 0.6) is 0 Å². The van der Waals surface area contributed by atoms with Crippen molar-refractivity contribution in [3.05, 3.63) is 83.9 Å². The molecule has 0 saturated heterocycles. The molecule has 4 rings (SSSR count). The molecule has 0 amide bonds. The zero-order valence-electron chi connectivity index (χ0n) is 17.4. The van der Waals surface area contributed by atoms with Gasteiger partial charge in [-0.25, -0.2) is 4.98 Å². The molecular formula is C25H23IrN2O2-. The third-order valence-corrected chi connectivity index (χ3v) is 4.34. The number of benzene rings is 3. The number of aliphatic hydroxyl groups excluding tert-OH is 1. The number of aliphatic hydroxyl groups is 1. The van der Waals surface area contributed by atoms with Crippen molar-refractivity contribution in [3.63, 3.8) is 0 Å². The maximum absolute atomic E-state index is 10.0. The van der Waals surface area contributed by atoms with E-state index in [4.69, 9.17) is 5.11 Å². The van der Waals surface area contributed by atoms with E-state index in [1.54, 1.807) is 6.33 Å². The van der Waals surface area contributed by atoms with Gasteiger partial charge in [-0.05, 0) is 30.3 Å². The smallest absolute Gasteiger partial charge is 0.155 e. The first-order chi connectivity index (χ1) is 13.8. The average Bonchev–Trinajstić information content (AvgIpc) is 2.66. The number of hydrogen-bond donors (Lipinski definition) is 1. The summed E-state index contributed by atoms with van der Waals surface area (Å²) in [5, 5.41) is 11.8. The summed E-state index contributed by atoms with van der Waals surface area (Å²) in [7, 11) is 0. The number of aromatic nitrogens is 2. The van der Waals surface area contributed by atoms with E-state index in [0.29, 0.717) is 0 Å². The third-order valence-electron chi connectivity index (χ3n) is 4.34. The Morgan fingerprint density at radius 3 is 2.37 bits per heavy atom. The quantitative estimate of drug-likeness (QED) is 0.140. The first-order valence-electron chi connectivity index (χ1n) is 9.36. The van der Waals surface area contributed by atoms with Gasteiger partial charge in [0.15, 0.2) is 5.78 Å². The Balaban J connectivity index is 0.000000350. The molecule has 1 aromatic heterocycles. The van der Waals surface area contributed by atoms with E-state index in [1.807, 2.05) is 12.1 Å². The summed E-state index contributed by atoms with van der Waals surface area (Å²) in [5.74, 6) is -0.0625. The summed E-state index contributed by atoms with van der Waals surface area (Å²) < 4.78 is 0. The zero-order valence-corrected chi connectivity index (χ0v) is 19.8. The zero-order chi connectivity index (χ0) is 21.0. The van der Waals surface area contributed by atoms with Crippen LogP contribution in [0.1, 0.15) is 25.0 Å². The molecule has 0 aliphatic heterocycles. The number of carbonyl (C=O) groups excluding carboxylic acids is 1. The summed E-state index contributed by atoms with van der Waals surface area (Å²) >= 11 is 0. The van der Waals surface area contributed by atoms with Crippen molar-refractivity contribution in [2.75, 3.05) is 0 Å². The average molecular weight is 576 g/mol. The topological polar surface area (TPSA) is 63.1 Å². The van der Waals surface area contributed by atoms with Crippen LogP contribution in [0.25, 0.3) is 32.9 Å². The second kappa shape index (κ2) is 10.2. The van der Waals surface area contributed by atoms with Gasteiger partial charge in [0.2, 0.25) is 0 Å². The molecule has 1 radical (unpaired) electrons. The molecule has 4 aromatic rings. The number of nitrogens with zero attached hydrogens (tertiary/aromatic N) is 2. The summed E-state index contributed by atoms with van der Waals surface area (Å²) in [5.41, 5.74) is 5.32. The van der Waals surface area contributed by atoms with Crippen molar-refractivity contribution in [2.24, 2.45) is 0 Å². The number of ketones is 1. The number of aryl methyl sites for hydroxylation is 2. The van der Waals surface area contributed by atoms with E-state index in [1.165, 1.54) is 30.9 Å². The van der Waals surface area contributed by atoms with Crippen LogP contribution in [0.4, 0.5) is 0 Å². The predicted octanol–water partition coefficient (Wildman–Crippen LogP) is 5.90. The molecule has 0 atom stereocenters. The molecule has 0 spiro atoms. The van der Waals surface area contributed by atoms with Gasteiger partial charge in [0, 0.05) is 31.6 Å². The Bertz CT molecular complexity index is 1210. The molecule has 30 heavy (non-hydrogen) atoms. The molecule has 0 bridgehead atoms. The third kappa shape index (κ3) is 5.59. The van der Waals surface area contributed by atoms with Crippen molar-refractivity contribution in [1.29, 1.82) is 0 Å². The number of carbonyl (C=O) groups is 1. The van der Waals surface area contributed by atoms with Gasteiger partial charge in [-0.3, -0.25) is 9.78 Å². The number of fused-ring (bicyclic) bond motifs is 3. The van der Waals surface area contributed by atoms with Gasteiger partial charge in [0.25, 0.3) is 0 Å². The Morgan fingerprint density at radius 2 is 1.73 bits per heavy atom. The van der Waals surface area contributed by atoms with Crippen molar-refractivity contribution in [2.45, 2.75) is 27.7 Å². The second-order valence-corrected chi connectivity index (χ2v) is 7.06. The molecule has 0 aliphatic rings. The van der Waals surface area contributed by atoms with E-state index < -0.39 is 0 Å². The van der Waals surface area contributed by atoms with Gasteiger partial charge < -0.3 is 5.11 Å². The van der Waals surface area contributed by atoms with Gasteiger partial charge in [-0.2, -0.15) is 0 Å². The summed E-state index contributed by atoms with van der Waals surface area (Å²) in [6.07, 6.45) is 2.82. The van der Waals surface area contributed by atoms with E-state index in [2.05, 4.69) is 66.3 Å². The van der Waals surface area contributed by atoms with E-state index in [0.717, 1.165) is 33.1 Å². The SMILES string of the molecule is CC(=O)/C=C(/C)O.Cc1[c-]c(-c2ncnc3c2ccc2ccccc23)cc(C)c1.[Ir]. The molecule has 3 aromatic carbocycles. The molecule has 1 heterocycles. The molecule has 0 fully saturated rings. The number of allylic oxidation sites excluding steroid dienone is 2. The summed E-state index contributed by atoms with van der Waals surface area (Å²) in [6, 6.07) is 20.2.